The van der Waals surface area contributed by atoms with E-state index in [4.69, 9.17) is 0 Å². The lowest BCUT2D eigenvalue weighted by Crippen LogP contribution is -2.51. The van der Waals surface area contributed by atoms with Crippen molar-refractivity contribution in [3.05, 3.63) is 0 Å². The minimum Gasteiger partial charge on any atom is -0.315 e. The maximum atomic E-state index is 3.54. The number of piperazine rings is 1. The minimum atomic E-state index is 0.719. The van der Waals surface area contributed by atoms with Gasteiger partial charge in [0.2, 0.25) is 0 Å². The lowest BCUT2D eigenvalue weighted by molar-refractivity contribution is 0.101. The summed E-state index contributed by atoms with van der Waals surface area (Å²) in [7, 11) is 2.22. The van der Waals surface area contributed by atoms with E-state index in [0.29, 0.717) is 0 Å². The fourth-order valence-electron chi connectivity index (χ4n) is 2.36. The van der Waals surface area contributed by atoms with Crippen molar-refractivity contribution in [1.29, 1.82) is 0 Å². The number of hydrogen-bond donors (Lipinski definition) is 1. The van der Waals surface area contributed by atoms with Crippen LogP contribution in [0.1, 0.15) is 33.1 Å². The van der Waals surface area contributed by atoms with Crippen LogP contribution >= 0.6 is 0 Å². The average Bonchev–Trinajstić information content (AvgIpc) is 2.26. The van der Waals surface area contributed by atoms with Gasteiger partial charge in [-0.25, -0.2) is 0 Å². The van der Waals surface area contributed by atoms with Crippen LogP contribution in [0.15, 0.2) is 0 Å². The molecule has 0 radical (unpaired) electrons. The monoisotopic (exact) mass is 227 g/mol. The second-order valence-corrected chi connectivity index (χ2v) is 5.10. The first kappa shape index (κ1) is 13.9. The summed E-state index contributed by atoms with van der Waals surface area (Å²) in [6.45, 7) is 11.8. The molecule has 0 spiro atoms. The Bertz CT molecular complexity index is 173. The third-order valence-electron chi connectivity index (χ3n) is 3.50. The molecule has 1 saturated heterocycles. The quantitative estimate of drug-likeness (QED) is 0.663. The van der Waals surface area contributed by atoms with Gasteiger partial charge >= 0.3 is 0 Å². The number of nitrogens with zero attached hydrogens (tertiary/aromatic N) is 2. The first-order valence-electron chi connectivity index (χ1n) is 6.87. The molecule has 0 amide bonds. The lowest BCUT2D eigenvalue weighted by atomic mass is 10.2. The van der Waals surface area contributed by atoms with Crippen LogP contribution in [0.2, 0.25) is 0 Å². The van der Waals surface area contributed by atoms with Crippen molar-refractivity contribution in [3.8, 4) is 0 Å². The molecule has 3 nitrogen and oxygen atoms in total. The third kappa shape index (κ3) is 5.28. The fourth-order valence-corrected chi connectivity index (χ4v) is 2.36. The normalized spacial score (nSPS) is 23.8. The zero-order chi connectivity index (χ0) is 11.8. The van der Waals surface area contributed by atoms with Crippen molar-refractivity contribution < 1.29 is 0 Å². The van der Waals surface area contributed by atoms with Gasteiger partial charge in [-0.2, -0.15) is 0 Å². The first-order chi connectivity index (χ1) is 7.74. The molecular formula is C13H29N3. The Morgan fingerprint density at radius 3 is 2.69 bits per heavy atom. The van der Waals surface area contributed by atoms with Gasteiger partial charge in [0.25, 0.3) is 0 Å². The molecule has 1 unspecified atom stereocenters. The van der Waals surface area contributed by atoms with Gasteiger partial charge in [0, 0.05) is 38.8 Å². The highest BCUT2D eigenvalue weighted by Crippen LogP contribution is 2.06. The van der Waals surface area contributed by atoms with Crippen LogP contribution in [-0.4, -0.2) is 62.2 Å². The van der Waals surface area contributed by atoms with Gasteiger partial charge in [-0.1, -0.05) is 19.8 Å². The molecule has 0 bridgehead atoms. The van der Waals surface area contributed by atoms with Crippen molar-refractivity contribution >= 4 is 0 Å². The zero-order valence-corrected chi connectivity index (χ0v) is 11.3. The predicted molar refractivity (Wildman–Crippen MR) is 70.9 cm³/mol. The van der Waals surface area contributed by atoms with Crippen LogP contribution in [0.25, 0.3) is 0 Å². The van der Waals surface area contributed by atoms with Crippen molar-refractivity contribution in [1.82, 2.24) is 15.1 Å². The minimum absolute atomic E-state index is 0.719. The molecule has 1 fully saturated rings. The largest absolute Gasteiger partial charge is 0.315 e. The van der Waals surface area contributed by atoms with Crippen LogP contribution in [0.5, 0.6) is 0 Å². The highest BCUT2D eigenvalue weighted by Gasteiger charge is 2.20. The Balaban J connectivity index is 2.00. The summed E-state index contributed by atoms with van der Waals surface area (Å²) in [5, 5.41) is 3.54. The SMILES string of the molecule is CCCCCNCCN1CCN(C)CC1C. The summed E-state index contributed by atoms with van der Waals surface area (Å²) in [4.78, 5) is 5.03. The van der Waals surface area contributed by atoms with Crippen LogP contribution in [-0.2, 0) is 0 Å². The van der Waals surface area contributed by atoms with Crippen molar-refractivity contribution in [3.63, 3.8) is 0 Å². The molecule has 1 aliphatic heterocycles. The molecule has 1 N–H and O–H groups in total. The maximum Gasteiger partial charge on any atom is 0.0195 e. The molecule has 0 aromatic rings. The molecule has 0 aromatic heterocycles. The second kappa shape index (κ2) is 8.04. The Morgan fingerprint density at radius 2 is 2.00 bits per heavy atom. The maximum absolute atomic E-state index is 3.54. The molecule has 0 aromatic carbocycles. The van der Waals surface area contributed by atoms with E-state index in [2.05, 4.69) is 36.0 Å². The summed E-state index contributed by atoms with van der Waals surface area (Å²) in [6, 6.07) is 0.719. The number of hydrogen-bond acceptors (Lipinski definition) is 3. The number of nitrogens with one attached hydrogen (secondary N) is 1. The smallest absolute Gasteiger partial charge is 0.0195 e. The van der Waals surface area contributed by atoms with Gasteiger partial charge < -0.3 is 10.2 Å². The zero-order valence-electron chi connectivity index (χ0n) is 11.3. The van der Waals surface area contributed by atoms with Crippen LogP contribution < -0.4 is 5.32 Å². The van der Waals surface area contributed by atoms with E-state index in [1.54, 1.807) is 0 Å². The van der Waals surface area contributed by atoms with Gasteiger partial charge in [0.1, 0.15) is 0 Å². The number of rotatable bonds is 7. The van der Waals surface area contributed by atoms with E-state index < -0.39 is 0 Å². The summed E-state index contributed by atoms with van der Waals surface area (Å²) in [5.74, 6) is 0. The van der Waals surface area contributed by atoms with E-state index in [-0.39, 0.29) is 0 Å². The summed E-state index contributed by atoms with van der Waals surface area (Å²) < 4.78 is 0. The Hall–Kier alpha value is -0.120. The molecule has 0 aliphatic carbocycles. The molecule has 1 atom stereocenters. The van der Waals surface area contributed by atoms with E-state index in [0.717, 1.165) is 12.6 Å². The van der Waals surface area contributed by atoms with E-state index in [1.807, 2.05) is 0 Å². The molecule has 3 heteroatoms. The standard InChI is InChI=1S/C13H29N3/c1-4-5-6-7-14-8-9-16-11-10-15(3)12-13(16)2/h13-14H,4-12H2,1-3H3. The summed E-state index contributed by atoms with van der Waals surface area (Å²) >= 11 is 0. The molecule has 1 rings (SSSR count). The third-order valence-corrected chi connectivity index (χ3v) is 3.50. The van der Waals surface area contributed by atoms with Crippen LogP contribution in [0.3, 0.4) is 0 Å². The fraction of sp³-hybridized carbons (Fsp3) is 1.00. The summed E-state index contributed by atoms with van der Waals surface area (Å²) in [5.41, 5.74) is 0. The van der Waals surface area contributed by atoms with Crippen molar-refractivity contribution in [2.75, 3.05) is 46.3 Å². The average molecular weight is 227 g/mol. The molecule has 1 aliphatic rings. The molecular weight excluding hydrogens is 198 g/mol. The van der Waals surface area contributed by atoms with Gasteiger partial charge in [0.05, 0.1) is 0 Å². The molecule has 96 valence electrons. The Labute approximate surface area is 101 Å². The first-order valence-corrected chi connectivity index (χ1v) is 6.87. The van der Waals surface area contributed by atoms with Crippen LogP contribution in [0.4, 0.5) is 0 Å². The van der Waals surface area contributed by atoms with Crippen LogP contribution in [0, 0.1) is 0 Å². The van der Waals surface area contributed by atoms with Gasteiger partial charge in [0.15, 0.2) is 0 Å². The topological polar surface area (TPSA) is 18.5 Å². The Kier molecular flexibility index (Phi) is 7.01. The number of likely N-dealkylation sites (N-methyl/N-ethyl adjacent to an activating group) is 1. The van der Waals surface area contributed by atoms with Gasteiger partial charge in [-0.15, -0.1) is 0 Å². The summed E-state index contributed by atoms with van der Waals surface area (Å²) in [6.07, 6.45) is 4.00. The predicted octanol–water partition coefficient (Wildman–Crippen LogP) is 1.40. The van der Waals surface area contributed by atoms with Gasteiger partial charge in [-0.05, 0) is 26.9 Å². The van der Waals surface area contributed by atoms with Crippen molar-refractivity contribution in [2.24, 2.45) is 0 Å². The van der Waals surface area contributed by atoms with E-state index in [1.165, 1.54) is 52.0 Å². The molecule has 0 saturated carbocycles. The molecule has 16 heavy (non-hydrogen) atoms. The van der Waals surface area contributed by atoms with Crippen molar-refractivity contribution in [2.45, 2.75) is 39.2 Å². The molecule has 1 heterocycles. The number of unbranched alkanes of at least 4 members (excludes halogenated alkanes) is 2. The lowest BCUT2D eigenvalue weighted by Gasteiger charge is -2.38. The van der Waals surface area contributed by atoms with E-state index in [9.17, 15) is 0 Å². The Morgan fingerprint density at radius 1 is 1.19 bits per heavy atom. The van der Waals surface area contributed by atoms with Gasteiger partial charge in [-0.3, -0.25) is 4.90 Å². The second-order valence-electron chi connectivity index (χ2n) is 5.10. The highest BCUT2D eigenvalue weighted by molar-refractivity contribution is 4.77. The highest BCUT2D eigenvalue weighted by atomic mass is 15.3. The van der Waals surface area contributed by atoms with E-state index >= 15 is 0 Å².